The maximum Gasteiger partial charge on any atom is 0.250 e. The average Bonchev–Trinajstić information content (AvgIpc) is 2.47. The topological polar surface area (TPSA) is 70.6 Å². The number of amides is 1. The Balaban J connectivity index is 2.40. The zero-order valence-corrected chi connectivity index (χ0v) is 12.8. The Kier molecular flexibility index (Phi) is 8.08. The molecule has 0 radical (unpaired) electrons. The van der Waals surface area contributed by atoms with Gasteiger partial charge in [-0.25, -0.2) is 0 Å². The molecule has 0 aliphatic heterocycles. The van der Waals surface area contributed by atoms with Gasteiger partial charge in [0.25, 0.3) is 0 Å². The molecule has 0 aliphatic rings. The number of aliphatic hydroxyl groups excluding tert-OH is 1. The number of nitrogens with one attached hydrogen (secondary N) is 2. The molecule has 0 saturated carbocycles. The first-order valence-corrected chi connectivity index (χ1v) is 7.17. The van der Waals surface area contributed by atoms with Crippen molar-refractivity contribution in [2.45, 2.75) is 13.3 Å². The van der Waals surface area contributed by atoms with E-state index in [1.165, 1.54) is 6.08 Å². The molecule has 6 heteroatoms. The van der Waals surface area contributed by atoms with Gasteiger partial charge in [0.2, 0.25) is 5.91 Å². The van der Waals surface area contributed by atoms with Gasteiger partial charge < -0.3 is 15.2 Å². The Morgan fingerprint density at radius 1 is 1.38 bits per heavy atom. The van der Waals surface area contributed by atoms with Gasteiger partial charge in [-0.2, -0.15) is 0 Å². The van der Waals surface area contributed by atoms with E-state index in [2.05, 4.69) is 10.6 Å². The van der Waals surface area contributed by atoms with E-state index in [1.54, 1.807) is 6.08 Å². The summed E-state index contributed by atoms with van der Waals surface area (Å²) in [6.07, 6.45) is 3.69. The SMILES string of the molecule is CCOc1ccc(/C=C/C(=O)NC(=S)NCCCO)cc1. The molecule has 1 rings (SSSR count). The van der Waals surface area contributed by atoms with Crippen LogP contribution in [0.4, 0.5) is 0 Å². The second kappa shape index (κ2) is 9.90. The van der Waals surface area contributed by atoms with Crippen LogP contribution in [0.3, 0.4) is 0 Å². The largest absolute Gasteiger partial charge is 0.494 e. The highest BCUT2D eigenvalue weighted by atomic mass is 32.1. The van der Waals surface area contributed by atoms with Crippen LogP contribution in [0.25, 0.3) is 6.08 Å². The lowest BCUT2D eigenvalue weighted by molar-refractivity contribution is -0.115. The first kappa shape index (κ1) is 17.1. The van der Waals surface area contributed by atoms with Crippen LogP contribution in [0.1, 0.15) is 18.9 Å². The van der Waals surface area contributed by atoms with Crippen LogP contribution >= 0.6 is 12.2 Å². The van der Waals surface area contributed by atoms with Crippen molar-refractivity contribution in [1.29, 1.82) is 0 Å². The molecule has 0 bridgehead atoms. The molecule has 0 spiro atoms. The lowest BCUT2D eigenvalue weighted by atomic mass is 10.2. The van der Waals surface area contributed by atoms with Gasteiger partial charge in [-0.1, -0.05) is 12.1 Å². The molecule has 0 saturated heterocycles. The molecule has 1 aromatic carbocycles. The number of hydrogen-bond acceptors (Lipinski definition) is 4. The molecular weight excluding hydrogens is 288 g/mol. The van der Waals surface area contributed by atoms with Gasteiger partial charge in [0.1, 0.15) is 5.75 Å². The summed E-state index contributed by atoms with van der Waals surface area (Å²) in [6, 6.07) is 7.43. The highest BCUT2D eigenvalue weighted by Crippen LogP contribution is 2.12. The predicted molar refractivity (Wildman–Crippen MR) is 87.1 cm³/mol. The van der Waals surface area contributed by atoms with E-state index in [-0.39, 0.29) is 17.6 Å². The number of thiocarbonyl (C=S) groups is 1. The Morgan fingerprint density at radius 2 is 2.10 bits per heavy atom. The maximum atomic E-state index is 11.6. The summed E-state index contributed by atoms with van der Waals surface area (Å²) in [4.78, 5) is 11.6. The van der Waals surface area contributed by atoms with E-state index in [1.807, 2.05) is 31.2 Å². The highest BCUT2D eigenvalue weighted by Gasteiger charge is 2.00. The first-order chi connectivity index (χ1) is 10.2. The zero-order chi connectivity index (χ0) is 15.5. The number of hydrogen-bond donors (Lipinski definition) is 3. The third kappa shape index (κ3) is 7.43. The Morgan fingerprint density at radius 3 is 2.71 bits per heavy atom. The van der Waals surface area contributed by atoms with Crippen LogP contribution in [0.2, 0.25) is 0 Å². The summed E-state index contributed by atoms with van der Waals surface area (Å²) in [5, 5.41) is 14.2. The summed E-state index contributed by atoms with van der Waals surface area (Å²) in [7, 11) is 0. The summed E-state index contributed by atoms with van der Waals surface area (Å²) < 4.78 is 5.34. The van der Waals surface area contributed by atoms with Crippen LogP contribution < -0.4 is 15.4 Å². The second-order valence-electron chi connectivity index (χ2n) is 4.16. The molecule has 21 heavy (non-hydrogen) atoms. The van der Waals surface area contributed by atoms with Crippen molar-refractivity contribution in [2.75, 3.05) is 19.8 Å². The summed E-state index contributed by atoms with van der Waals surface area (Å²) >= 11 is 4.95. The van der Waals surface area contributed by atoms with Crippen LogP contribution in [0.5, 0.6) is 5.75 Å². The van der Waals surface area contributed by atoms with E-state index < -0.39 is 0 Å². The Hall–Kier alpha value is -1.92. The van der Waals surface area contributed by atoms with Gasteiger partial charge in [0.05, 0.1) is 6.61 Å². The molecule has 0 heterocycles. The van der Waals surface area contributed by atoms with Gasteiger partial charge in [0, 0.05) is 19.2 Å². The molecule has 0 aliphatic carbocycles. The fourth-order valence-electron chi connectivity index (χ4n) is 1.49. The predicted octanol–water partition coefficient (Wildman–Crippen LogP) is 1.47. The highest BCUT2D eigenvalue weighted by molar-refractivity contribution is 7.80. The normalized spacial score (nSPS) is 10.4. The molecule has 0 fully saturated rings. The summed E-state index contributed by atoms with van der Waals surface area (Å²) in [5.41, 5.74) is 0.896. The smallest absolute Gasteiger partial charge is 0.250 e. The number of benzene rings is 1. The van der Waals surface area contributed by atoms with E-state index in [9.17, 15) is 4.79 Å². The monoisotopic (exact) mass is 308 g/mol. The van der Waals surface area contributed by atoms with Crippen molar-refractivity contribution in [2.24, 2.45) is 0 Å². The van der Waals surface area contributed by atoms with E-state index in [4.69, 9.17) is 22.1 Å². The Labute approximate surface area is 130 Å². The van der Waals surface area contributed by atoms with Crippen LogP contribution in [-0.4, -0.2) is 35.9 Å². The Bertz CT molecular complexity index is 486. The van der Waals surface area contributed by atoms with Gasteiger partial charge in [-0.05, 0) is 49.3 Å². The third-order valence-corrected chi connectivity index (χ3v) is 2.72. The number of aliphatic hydroxyl groups is 1. The first-order valence-electron chi connectivity index (χ1n) is 6.76. The van der Waals surface area contributed by atoms with E-state index >= 15 is 0 Å². The van der Waals surface area contributed by atoms with Gasteiger partial charge in [-0.3, -0.25) is 10.1 Å². The molecular formula is C15H20N2O3S. The minimum absolute atomic E-state index is 0.0845. The molecule has 0 unspecified atom stereocenters. The van der Waals surface area contributed by atoms with Gasteiger partial charge in [-0.15, -0.1) is 0 Å². The van der Waals surface area contributed by atoms with Crippen LogP contribution in [0.15, 0.2) is 30.3 Å². The molecule has 0 aromatic heterocycles. The van der Waals surface area contributed by atoms with Crippen molar-refractivity contribution in [1.82, 2.24) is 10.6 Å². The molecule has 0 atom stereocenters. The fourth-order valence-corrected chi connectivity index (χ4v) is 1.70. The minimum Gasteiger partial charge on any atom is -0.494 e. The van der Waals surface area contributed by atoms with Crippen molar-refractivity contribution in [3.63, 3.8) is 0 Å². The van der Waals surface area contributed by atoms with Crippen molar-refractivity contribution in [3.8, 4) is 5.75 Å². The van der Waals surface area contributed by atoms with Crippen molar-refractivity contribution >= 4 is 29.3 Å². The number of rotatable bonds is 7. The van der Waals surface area contributed by atoms with Gasteiger partial charge >= 0.3 is 0 Å². The van der Waals surface area contributed by atoms with Gasteiger partial charge in [0.15, 0.2) is 5.11 Å². The fraction of sp³-hybridized carbons (Fsp3) is 0.333. The lowest BCUT2D eigenvalue weighted by Gasteiger charge is -2.06. The lowest BCUT2D eigenvalue weighted by Crippen LogP contribution is -2.38. The van der Waals surface area contributed by atoms with Crippen molar-refractivity contribution < 1.29 is 14.6 Å². The van der Waals surface area contributed by atoms with Crippen LogP contribution in [0, 0.1) is 0 Å². The summed E-state index contributed by atoms with van der Waals surface area (Å²) in [5.74, 6) is 0.499. The standard InChI is InChI=1S/C15H20N2O3S/c1-2-20-13-7-4-12(5-8-13)6-9-14(19)17-15(21)16-10-3-11-18/h4-9,18H,2-3,10-11H2,1H3,(H2,16,17,19,21)/b9-6+. The van der Waals surface area contributed by atoms with E-state index in [0.29, 0.717) is 19.6 Å². The van der Waals surface area contributed by atoms with Crippen LogP contribution in [-0.2, 0) is 4.79 Å². The number of ether oxygens (including phenoxy) is 1. The molecule has 1 amide bonds. The molecule has 1 aromatic rings. The molecule has 114 valence electrons. The second-order valence-corrected chi connectivity index (χ2v) is 4.57. The quantitative estimate of drug-likeness (QED) is 0.404. The maximum absolute atomic E-state index is 11.6. The van der Waals surface area contributed by atoms with Crippen molar-refractivity contribution in [3.05, 3.63) is 35.9 Å². The number of carbonyl (C=O) groups is 1. The minimum atomic E-state index is -0.301. The third-order valence-electron chi connectivity index (χ3n) is 2.48. The molecule has 3 N–H and O–H groups in total. The number of carbonyl (C=O) groups excluding carboxylic acids is 1. The average molecular weight is 308 g/mol. The van der Waals surface area contributed by atoms with E-state index in [0.717, 1.165) is 11.3 Å². The summed E-state index contributed by atoms with van der Waals surface area (Å²) in [6.45, 7) is 3.16. The zero-order valence-electron chi connectivity index (χ0n) is 12.0. The molecule has 5 nitrogen and oxygen atoms in total.